The van der Waals surface area contributed by atoms with Gasteiger partial charge in [-0.3, -0.25) is 19.3 Å². The summed E-state index contributed by atoms with van der Waals surface area (Å²) < 4.78 is 1.94. The number of piperidine rings is 1. The molecule has 5 rings (SSSR count). The Balaban J connectivity index is 1.41. The fourth-order valence-electron chi connectivity index (χ4n) is 4.48. The van der Waals surface area contributed by atoms with Crippen molar-refractivity contribution in [2.75, 3.05) is 13.1 Å². The molecule has 2 aliphatic rings. The van der Waals surface area contributed by atoms with Gasteiger partial charge in [0.05, 0.1) is 11.4 Å². The van der Waals surface area contributed by atoms with Gasteiger partial charge in [0.1, 0.15) is 6.54 Å². The Morgan fingerprint density at radius 3 is 2.53 bits per heavy atom. The quantitative estimate of drug-likeness (QED) is 0.437. The highest BCUT2D eigenvalue weighted by molar-refractivity contribution is 8.18. The molecule has 0 bridgehead atoms. The largest absolute Gasteiger partial charge is 0.341 e. The van der Waals surface area contributed by atoms with Crippen molar-refractivity contribution in [3.63, 3.8) is 0 Å². The van der Waals surface area contributed by atoms with Gasteiger partial charge in [-0.2, -0.15) is 0 Å². The number of hydrogen-bond acceptors (Lipinski definition) is 4. The van der Waals surface area contributed by atoms with Crippen molar-refractivity contribution >= 4 is 57.4 Å². The van der Waals surface area contributed by atoms with Gasteiger partial charge in [0, 0.05) is 40.8 Å². The number of amides is 3. The van der Waals surface area contributed by atoms with Gasteiger partial charge in [-0.15, -0.1) is 0 Å². The van der Waals surface area contributed by atoms with Crippen LogP contribution in [0.15, 0.2) is 59.6 Å². The van der Waals surface area contributed by atoms with Crippen LogP contribution < -0.4 is 0 Å². The highest BCUT2D eigenvalue weighted by Crippen LogP contribution is 2.35. The van der Waals surface area contributed by atoms with E-state index in [1.54, 1.807) is 12.1 Å². The summed E-state index contributed by atoms with van der Waals surface area (Å²) in [7, 11) is 0. The Bertz CT molecular complexity index is 1310. The molecule has 1 aromatic heterocycles. The minimum absolute atomic E-state index is 0.104. The highest BCUT2D eigenvalue weighted by Gasteiger charge is 2.35. The van der Waals surface area contributed by atoms with Crippen molar-refractivity contribution in [3.05, 3.63) is 75.8 Å². The first kappa shape index (κ1) is 22.7. The summed E-state index contributed by atoms with van der Waals surface area (Å²) in [5.41, 5.74) is 2.46. The number of carbonyl (C=O) groups is 3. The van der Waals surface area contributed by atoms with E-state index in [9.17, 15) is 14.4 Å². The van der Waals surface area contributed by atoms with E-state index in [1.165, 1.54) is 11.3 Å². The number of hydrogen-bond donors (Lipinski definition) is 0. The molecule has 0 spiro atoms. The van der Waals surface area contributed by atoms with E-state index in [2.05, 4.69) is 0 Å². The number of carbonyl (C=O) groups excluding carboxylic acids is 3. The van der Waals surface area contributed by atoms with E-state index in [0.717, 1.165) is 59.7 Å². The van der Waals surface area contributed by atoms with E-state index in [-0.39, 0.29) is 30.1 Å². The van der Waals surface area contributed by atoms with Crippen LogP contribution in [0.3, 0.4) is 0 Å². The fourth-order valence-corrected chi connectivity index (χ4v) is 5.51. The zero-order valence-corrected chi connectivity index (χ0v) is 20.1. The van der Waals surface area contributed by atoms with Gasteiger partial charge in [0.2, 0.25) is 5.91 Å². The van der Waals surface area contributed by atoms with E-state index in [1.807, 2.05) is 58.1 Å². The number of thioether (sulfide) groups is 1. The van der Waals surface area contributed by atoms with Crippen LogP contribution in [0.5, 0.6) is 0 Å². The molecule has 0 saturated carbocycles. The SMILES string of the molecule is O=C(Cn1cc(/C=C2\SC(=O)N(Cc3ccccc3Cl)C2=O)c2ccccc21)N1CCCCC1. The first-order valence-corrected chi connectivity index (χ1v) is 12.5. The van der Waals surface area contributed by atoms with Crippen LogP contribution in [0.25, 0.3) is 17.0 Å². The fraction of sp³-hybridized carbons (Fsp3) is 0.269. The van der Waals surface area contributed by atoms with Crippen molar-refractivity contribution in [2.45, 2.75) is 32.4 Å². The number of nitrogens with zero attached hydrogens (tertiary/aromatic N) is 3. The summed E-state index contributed by atoms with van der Waals surface area (Å²) in [5.74, 6) is -0.233. The van der Waals surface area contributed by atoms with Crippen LogP contribution in [-0.4, -0.2) is 44.5 Å². The summed E-state index contributed by atoms with van der Waals surface area (Å²) in [5, 5.41) is 1.14. The Morgan fingerprint density at radius 1 is 1.00 bits per heavy atom. The van der Waals surface area contributed by atoms with Crippen LogP contribution in [0.2, 0.25) is 5.02 Å². The van der Waals surface area contributed by atoms with Crippen LogP contribution >= 0.6 is 23.4 Å². The second-order valence-electron chi connectivity index (χ2n) is 8.53. The second kappa shape index (κ2) is 9.68. The number of halogens is 1. The zero-order chi connectivity index (χ0) is 23.7. The third-order valence-electron chi connectivity index (χ3n) is 6.28. The molecule has 0 atom stereocenters. The maximum absolute atomic E-state index is 13.1. The molecule has 174 valence electrons. The maximum Gasteiger partial charge on any atom is 0.293 e. The number of fused-ring (bicyclic) bond motifs is 1. The molecule has 2 saturated heterocycles. The van der Waals surface area contributed by atoms with Gasteiger partial charge in [-0.1, -0.05) is 48.0 Å². The van der Waals surface area contributed by atoms with Gasteiger partial charge in [-0.25, -0.2) is 0 Å². The average Bonchev–Trinajstić information content (AvgIpc) is 3.33. The molecule has 2 fully saturated rings. The Kier molecular flexibility index (Phi) is 6.48. The maximum atomic E-state index is 13.1. The smallest absolute Gasteiger partial charge is 0.293 e. The minimum atomic E-state index is -0.337. The van der Waals surface area contributed by atoms with Gasteiger partial charge in [-0.05, 0) is 54.8 Å². The molecule has 3 aromatic rings. The standard InChI is InChI=1S/C26H24ClN3O3S/c27-21-10-4-2-8-18(21)16-30-25(32)23(34-26(30)33)14-19-15-29(22-11-5-3-9-20(19)22)17-24(31)28-12-6-1-7-13-28/h2-5,8-11,14-15H,1,6-7,12-13,16-17H2/b23-14-. The lowest BCUT2D eigenvalue weighted by Gasteiger charge is -2.27. The molecule has 0 N–H and O–H groups in total. The van der Waals surface area contributed by atoms with Crippen molar-refractivity contribution in [1.29, 1.82) is 0 Å². The molecule has 0 radical (unpaired) electrons. The molecule has 0 aliphatic carbocycles. The average molecular weight is 494 g/mol. The van der Waals surface area contributed by atoms with Gasteiger partial charge < -0.3 is 9.47 Å². The van der Waals surface area contributed by atoms with Crippen molar-refractivity contribution in [3.8, 4) is 0 Å². The Hall–Kier alpha value is -3.03. The lowest BCUT2D eigenvalue weighted by Crippen LogP contribution is -2.37. The molecule has 3 amide bonds. The summed E-state index contributed by atoms with van der Waals surface area (Å²) in [6.07, 6.45) is 6.92. The lowest BCUT2D eigenvalue weighted by atomic mass is 10.1. The molecular weight excluding hydrogens is 470 g/mol. The number of likely N-dealkylation sites (tertiary alicyclic amines) is 1. The molecule has 3 heterocycles. The molecule has 34 heavy (non-hydrogen) atoms. The highest BCUT2D eigenvalue weighted by atomic mass is 35.5. The lowest BCUT2D eigenvalue weighted by molar-refractivity contribution is -0.132. The van der Waals surface area contributed by atoms with Crippen LogP contribution in [0.4, 0.5) is 4.79 Å². The first-order valence-electron chi connectivity index (χ1n) is 11.4. The molecule has 6 nitrogen and oxygen atoms in total. The summed E-state index contributed by atoms with van der Waals surface area (Å²) in [4.78, 5) is 42.1. The predicted octanol–water partition coefficient (Wildman–Crippen LogP) is 5.54. The Morgan fingerprint density at radius 2 is 1.74 bits per heavy atom. The van der Waals surface area contributed by atoms with E-state index in [0.29, 0.717) is 9.93 Å². The van der Waals surface area contributed by atoms with Gasteiger partial charge >= 0.3 is 0 Å². The number of aromatic nitrogens is 1. The summed E-state index contributed by atoms with van der Waals surface area (Å²) >= 11 is 7.15. The molecule has 8 heteroatoms. The van der Waals surface area contributed by atoms with Crippen molar-refractivity contribution < 1.29 is 14.4 Å². The summed E-state index contributed by atoms with van der Waals surface area (Å²) in [6.45, 7) is 2.00. The van der Waals surface area contributed by atoms with Crippen LogP contribution in [-0.2, 0) is 22.7 Å². The summed E-state index contributed by atoms with van der Waals surface area (Å²) in [6, 6.07) is 15.0. The van der Waals surface area contributed by atoms with E-state index in [4.69, 9.17) is 11.6 Å². The monoisotopic (exact) mass is 493 g/mol. The van der Waals surface area contributed by atoms with E-state index >= 15 is 0 Å². The van der Waals surface area contributed by atoms with Gasteiger partial charge in [0.25, 0.3) is 11.1 Å². The topological polar surface area (TPSA) is 62.6 Å². The molecular formula is C26H24ClN3O3S. The molecule has 0 unspecified atom stereocenters. The number of rotatable bonds is 5. The number of para-hydroxylation sites is 1. The van der Waals surface area contributed by atoms with Crippen molar-refractivity contribution in [1.82, 2.24) is 14.4 Å². The zero-order valence-electron chi connectivity index (χ0n) is 18.6. The number of benzene rings is 2. The minimum Gasteiger partial charge on any atom is -0.341 e. The normalized spacial score (nSPS) is 17.9. The Labute approximate surface area is 207 Å². The van der Waals surface area contributed by atoms with Crippen LogP contribution in [0.1, 0.15) is 30.4 Å². The number of imide groups is 1. The molecule has 2 aliphatic heterocycles. The van der Waals surface area contributed by atoms with Crippen LogP contribution in [0, 0.1) is 0 Å². The third kappa shape index (κ3) is 4.50. The third-order valence-corrected chi connectivity index (χ3v) is 7.56. The first-order chi connectivity index (χ1) is 16.5. The molecule has 2 aromatic carbocycles. The predicted molar refractivity (Wildman–Crippen MR) is 135 cm³/mol. The second-order valence-corrected chi connectivity index (χ2v) is 9.93. The van der Waals surface area contributed by atoms with Gasteiger partial charge in [0.15, 0.2) is 0 Å². The van der Waals surface area contributed by atoms with Crippen molar-refractivity contribution in [2.24, 2.45) is 0 Å². The van der Waals surface area contributed by atoms with E-state index < -0.39 is 0 Å².